The number of piperidine rings is 1. The Morgan fingerprint density at radius 2 is 1.85 bits per heavy atom. The molecule has 2 aromatic rings. The molecule has 1 amide bonds. The third-order valence-electron chi connectivity index (χ3n) is 6.56. The van der Waals surface area contributed by atoms with E-state index in [0.717, 1.165) is 31.4 Å². The van der Waals surface area contributed by atoms with Crippen LogP contribution < -0.4 is 10.1 Å². The number of amides is 1. The Morgan fingerprint density at radius 3 is 2.58 bits per heavy atom. The van der Waals surface area contributed by atoms with Gasteiger partial charge in [0.25, 0.3) is 0 Å². The summed E-state index contributed by atoms with van der Waals surface area (Å²) in [6.45, 7) is 2.31. The summed E-state index contributed by atoms with van der Waals surface area (Å²) in [6, 6.07) is 8.69. The first-order chi connectivity index (χ1) is 15.8. The fourth-order valence-electron chi connectivity index (χ4n) is 4.63. The van der Waals surface area contributed by atoms with Gasteiger partial charge < -0.3 is 10.1 Å². The number of nitrogens with zero attached hydrogens (tertiary/aromatic N) is 2. The molecule has 4 rings (SSSR count). The van der Waals surface area contributed by atoms with Crippen molar-refractivity contribution in [1.29, 1.82) is 0 Å². The summed E-state index contributed by atoms with van der Waals surface area (Å²) in [5, 5.41) is 3.58. The van der Waals surface area contributed by atoms with Crippen molar-refractivity contribution in [2.75, 3.05) is 13.1 Å². The Morgan fingerprint density at radius 1 is 1.12 bits per heavy atom. The molecule has 0 spiro atoms. The van der Waals surface area contributed by atoms with Crippen LogP contribution in [0.5, 0.6) is 5.75 Å². The fourth-order valence-corrected chi connectivity index (χ4v) is 6.64. The molecule has 1 saturated carbocycles. The van der Waals surface area contributed by atoms with E-state index in [4.69, 9.17) is 16.3 Å². The van der Waals surface area contributed by atoms with Crippen LogP contribution in [-0.4, -0.2) is 48.8 Å². The number of halogens is 1. The van der Waals surface area contributed by atoms with Crippen LogP contribution in [0.4, 0.5) is 0 Å². The van der Waals surface area contributed by atoms with Gasteiger partial charge in [-0.1, -0.05) is 17.7 Å². The number of hydrogen-bond acceptors (Lipinski definition) is 5. The highest BCUT2D eigenvalue weighted by Crippen LogP contribution is 2.29. The van der Waals surface area contributed by atoms with Gasteiger partial charge in [0.1, 0.15) is 5.75 Å². The first kappa shape index (κ1) is 24.0. The molecule has 1 aromatic heterocycles. The van der Waals surface area contributed by atoms with Gasteiger partial charge in [-0.3, -0.25) is 9.78 Å². The van der Waals surface area contributed by atoms with Crippen LogP contribution in [0, 0.1) is 12.8 Å². The van der Waals surface area contributed by atoms with E-state index in [1.807, 2.05) is 12.1 Å². The van der Waals surface area contributed by atoms with Gasteiger partial charge in [0, 0.05) is 36.5 Å². The lowest BCUT2D eigenvalue weighted by atomic mass is 9.91. The summed E-state index contributed by atoms with van der Waals surface area (Å²) < 4.78 is 33.9. The molecule has 0 bridgehead atoms. The van der Waals surface area contributed by atoms with E-state index in [9.17, 15) is 13.2 Å². The highest BCUT2D eigenvalue weighted by atomic mass is 35.5. The molecule has 1 aliphatic carbocycles. The van der Waals surface area contributed by atoms with E-state index in [1.54, 1.807) is 37.5 Å². The van der Waals surface area contributed by atoms with Crippen molar-refractivity contribution in [2.24, 2.45) is 5.92 Å². The van der Waals surface area contributed by atoms with E-state index in [-0.39, 0.29) is 35.4 Å². The maximum Gasteiger partial charge on any atom is 0.243 e. The molecule has 2 heterocycles. The molecule has 9 heteroatoms. The Bertz CT molecular complexity index is 1070. The second-order valence-electron chi connectivity index (χ2n) is 8.85. The quantitative estimate of drug-likeness (QED) is 0.661. The summed E-state index contributed by atoms with van der Waals surface area (Å²) in [5.41, 5.74) is 0.538. The molecular formula is C24H30ClN3O4S. The van der Waals surface area contributed by atoms with Crippen molar-refractivity contribution in [2.45, 2.75) is 62.5 Å². The topological polar surface area (TPSA) is 88.6 Å². The van der Waals surface area contributed by atoms with E-state index in [2.05, 4.69) is 10.3 Å². The van der Waals surface area contributed by atoms with Gasteiger partial charge in [0.15, 0.2) is 0 Å². The Labute approximate surface area is 200 Å². The second-order valence-corrected chi connectivity index (χ2v) is 11.2. The van der Waals surface area contributed by atoms with Crippen molar-refractivity contribution in [1.82, 2.24) is 14.6 Å². The van der Waals surface area contributed by atoms with Crippen molar-refractivity contribution in [3.63, 3.8) is 0 Å². The van der Waals surface area contributed by atoms with Gasteiger partial charge in [0.2, 0.25) is 15.9 Å². The highest BCUT2D eigenvalue weighted by molar-refractivity contribution is 7.89. The van der Waals surface area contributed by atoms with Gasteiger partial charge >= 0.3 is 0 Å². The number of rotatable bonds is 6. The summed E-state index contributed by atoms with van der Waals surface area (Å²) in [5.74, 6) is 0.408. The highest BCUT2D eigenvalue weighted by Gasteiger charge is 2.35. The van der Waals surface area contributed by atoms with Gasteiger partial charge in [-0.15, -0.1) is 0 Å². The molecule has 2 aliphatic rings. The lowest BCUT2D eigenvalue weighted by Gasteiger charge is -2.34. The molecule has 1 aromatic carbocycles. The molecule has 178 valence electrons. The number of sulfonamides is 1. The smallest absolute Gasteiger partial charge is 0.243 e. The standard InChI is InChI=1S/C24H30ClN3O4S/c1-17-22(25)5-2-6-23(17)33(30,31)28-15-3-4-18(16-28)24(29)27-19-7-9-20(10-8-19)32-21-11-13-26-14-12-21/h2,5-6,11-14,18-20H,3-4,7-10,15-16H2,1H3,(H,27,29)/t18-,19?,20?/m0/s1. The van der Waals surface area contributed by atoms with Gasteiger partial charge in [-0.05, 0) is 75.3 Å². The Kier molecular flexibility index (Phi) is 7.56. The predicted molar refractivity (Wildman–Crippen MR) is 127 cm³/mol. The molecule has 33 heavy (non-hydrogen) atoms. The van der Waals surface area contributed by atoms with Crippen LogP contribution in [0.15, 0.2) is 47.6 Å². The number of carbonyl (C=O) groups is 1. The number of benzene rings is 1. The Balaban J connectivity index is 1.31. The monoisotopic (exact) mass is 491 g/mol. The molecular weight excluding hydrogens is 462 g/mol. The average Bonchev–Trinajstić information content (AvgIpc) is 2.83. The number of carbonyl (C=O) groups excluding carboxylic acids is 1. The zero-order valence-corrected chi connectivity index (χ0v) is 20.3. The van der Waals surface area contributed by atoms with Crippen LogP contribution in [0.25, 0.3) is 0 Å². The molecule has 2 fully saturated rings. The van der Waals surface area contributed by atoms with Crippen molar-refractivity contribution < 1.29 is 17.9 Å². The van der Waals surface area contributed by atoms with Gasteiger partial charge in [0.05, 0.1) is 16.9 Å². The lowest BCUT2D eigenvalue weighted by molar-refractivity contribution is -0.127. The second kappa shape index (κ2) is 10.4. The molecule has 7 nitrogen and oxygen atoms in total. The third-order valence-corrected chi connectivity index (χ3v) is 8.98. The SMILES string of the molecule is Cc1c(Cl)cccc1S(=O)(=O)N1CCC[C@H](C(=O)NC2CCC(Oc3ccncc3)CC2)C1. The van der Waals surface area contributed by atoms with Crippen molar-refractivity contribution in [3.8, 4) is 5.75 Å². The molecule has 1 N–H and O–H groups in total. The predicted octanol–water partition coefficient (Wildman–Crippen LogP) is 3.95. The summed E-state index contributed by atoms with van der Waals surface area (Å²) >= 11 is 6.14. The van der Waals surface area contributed by atoms with Crippen molar-refractivity contribution in [3.05, 3.63) is 53.3 Å². The number of pyridine rings is 1. The van der Waals surface area contributed by atoms with E-state index < -0.39 is 10.0 Å². The number of nitrogens with one attached hydrogen (secondary N) is 1. The normalized spacial score (nSPS) is 24.2. The molecule has 0 unspecified atom stereocenters. The van der Waals surface area contributed by atoms with E-state index in [1.165, 1.54) is 4.31 Å². The molecule has 1 saturated heterocycles. The van der Waals surface area contributed by atoms with Crippen LogP contribution in [0.3, 0.4) is 0 Å². The zero-order valence-electron chi connectivity index (χ0n) is 18.7. The summed E-state index contributed by atoms with van der Waals surface area (Å²) in [4.78, 5) is 17.2. The zero-order chi connectivity index (χ0) is 23.4. The minimum absolute atomic E-state index is 0.0591. The lowest BCUT2D eigenvalue weighted by Crippen LogP contribution is -2.48. The van der Waals surface area contributed by atoms with Crippen LogP contribution in [0.2, 0.25) is 5.02 Å². The van der Waals surface area contributed by atoms with Crippen LogP contribution >= 0.6 is 11.6 Å². The molecule has 1 aliphatic heterocycles. The maximum atomic E-state index is 13.2. The Hall–Kier alpha value is -2.16. The van der Waals surface area contributed by atoms with Crippen LogP contribution in [0.1, 0.15) is 44.1 Å². The number of hydrogen-bond donors (Lipinski definition) is 1. The summed E-state index contributed by atoms with van der Waals surface area (Å²) in [7, 11) is -3.70. The van der Waals surface area contributed by atoms with Crippen molar-refractivity contribution >= 4 is 27.5 Å². The fraction of sp³-hybridized carbons (Fsp3) is 0.500. The largest absolute Gasteiger partial charge is 0.490 e. The van der Waals surface area contributed by atoms with E-state index >= 15 is 0 Å². The number of aromatic nitrogens is 1. The van der Waals surface area contributed by atoms with Crippen LogP contribution in [-0.2, 0) is 14.8 Å². The van der Waals surface area contributed by atoms with Gasteiger partial charge in [-0.25, -0.2) is 8.42 Å². The van der Waals surface area contributed by atoms with E-state index in [0.29, 0.717) is 30.0 Å². The first-order valence-corrected chi connectivity index (χ1v) is 13.3. The minimum atomic E-state index is -3.70. The third kappa shape index (κ3) is 5.67. The minimum Gasteiger partial charge on any atom is -0.490 e. The number of ether oxygens (including phenoxy) is 1. The molecule has 0 radical (unpaired) electrons. The maximum absolute atomic E-state index is 13.2. The molecule has 1 atom stereocenters. The average molecular weight is 492 g/mol. The van der Waals surface area contributed by atoms with Gasteiger partial charge in [-0.2, -0.15) is 4.31 Å². The first-order valence-electron chi connectivity index (χ1n) is 11.5. The summed E-state index contributed by atoms with van der Waals surface area (Å²) in [6.07, 6.45) is 8.33.